The summed E-state index contributed by atoms with van der Waals surface area (Å²) < 4.78 is 1.72. The smallest absolute Gasteiger partial charge is 0.237 e. The molecule has 0 aromatic carbocycles. The molecule has 5 heteroatoms. The Bertz CT molecular complexity index is 383. The molecule has 0 fully saturated rings. The molecule has 1 atom stereocenters. The van der Waals surface area contributed by atoms with Crippen molar-refractivity contribution >= 4 is 5.91 Å². The Balaban J connectivity index is 2.48. The summed E-state index contributed by atoms with van der Waals surface area (Å²) in [5, 5.41) is 6.96. The fourth-order valence-electron chi connectivity index (χ4n) is 1.42. The number of amides is 1. The predicted molar refractivity (Wildman–Crippen MR) is 62.6 cm³/mol. The van der Waals surface area contributed by atoms with E-state index in [0.717, 1.165) is 11.3 Å². The van der Waals surface area contributed by atoms with Crippen LogP contribution in [0, 0.1) is 6.92 Å². The van der Waals surface area contributed by atoms with Crippen molar-refractivity contribution in [2.24, 2.45) is 12.8 Å². The molecule has 1 aromatic heterocycles. The zero-order valence-corrected chi connectivity index (χ0v) is 9.73. The maximum atomic E-state index is 11.5. The summed E-state index contributed by atoms with van der Waals surface area (Å²) >= 11 is 0. The van der Waals surface area contributed by atoms with Gasteiger partial charge in [0, 0.05) is 25.4 Å². The molecule has 1 amide bonds. The fourth-order valence-corrected chi connectivity index (χ4v) is 1.42. The van der Waals surface area contributed by atoms with Gasteiger partial charge in [-0.15, -0.1) is 6.58 Å². The summed E-state index contributed by atoms with van der Waals surface area (Å²) in [5.74, 6) is -0.164. The van der Waals surface area contributed by atoms with Crippen LogP contribution < -0.4 is 11.1 Å². The van der Waals surface area contributed by atoms with E-state index in [1.54, 1.807) is 10.8 Å². The molecular formula is C11H18N4O. The van der Waals surface area contributed by atoms with Crippen LogP contribution in [0.25, 0.3) is 0 Å². The molecule has 1 rings (SSSR count). The lowest BCUT2D eigenvalue weighted by molar-refractivity contribution is -0.122. The largest absolute Gasteiger partial charge is 0.351 e. The molecule has 0 saturated carbocycles. The van der Waals surface area contributed by atoms with Gasteiger partial charge in [-0.2, -0.15) is 5.10 Å². The van der Waals surface area contributed by atoms with Gasteiger partial charge < -0.3 is 11.1 Å². The number of hydrogen-bond acceptors (Lipinski definition) is 3. The standard InChI is InChI=1S/C11H18N4O/c1-4-5-10(12)11(16)13-6-9-7-15(3)14-8(9)2/h4,7,10H,1,5-6,12H2,2-3H3,(H,13,16). The fraction of sp³-hybridized carbons (Fsp3) is 0.455. The number of aryl methyl sites for hydroxylation is 2. The summed E-state index contributed by atoms with van der Waals surface area (Å²) in [5.41, 5.74) is 7.55. The number of carbonyl (C=O) groups is 1. The number of nitrogens with zero attached hydrogens (tertiary/aromatic N) is 2. The van der Waals surface area contributed by atoms with Gasteiger partial charge in [-0.25, -0.2) is 0 Å². The van der Waals surface area contributed by atoms with Crippen molar-refractivity contribution < 1.29 is 4.79 Å². The summed E-state index contributed by atoms with van der Waals surface area (Å²) in [6, 6.07) is -0.519. The molecule has 0 aliphatic carbocycles. The second kappa shape index (κ2) is 5.46. The van der Waals surface area contributed by atoms with Crippen molar-refractivity contribution in [3.8, 4) is 0 Å². The van der Waals surface area contributed by atoms with Gasteiger partial charge in [-0.05, 0) is 13.3 Å². The summed E-state index contributed by atoms with van der Waals surface area (Å²) in [7, 11) is 1.85. The Labute approximate surface area is 95.3 Å². The molecule has 3 N–H and O–H groups in total. The molecule has 0 spiro atoms. The average Bonchev–Trinajstić information content (AvgIpc) is 2.54. The minimum Gasteiger partial charge on any atom is -0.351 e. The zero-order valence-electron chi connectivity index (χ0n) is 9.73. The molecule has 0 aliphatic heterocycles. The Morgan fingerprint density at radius 1 is 1.81 bits per heavy atom. The van der Waals surface area contributed by atoms with Crippen LogP contribution in [0.2, 0.25) is 0 Å². The lowest BCUT2D eigenvalue weighted by atomic mass is 10.2. The van der Waals surface area contributed by atoms with Crippen LogP contribution in [0.1, 0.15) is 17.7 Å². The van der Waals surface area contributed by atoms with E-state index in [2.05, 4.69) is 17.0 Å². The Hall–Kier alpha value is -1.62. The third-order valence-electron chi connectivity index (χ3n) is 2.33. The van der Waals surface area contributed by atoms with Crippen molar-refractivity contribution in [1.82, 2.24) is 15.1 Å². The normalized spacial score (nSPS) is 12.2. The predicted octanol–water partition coefficient (Wildman–Crippen LogP) is 0.248. The van der Waals surface area contributed by atoms with Crippen molar-refractivity contribution in [1.29, 1.82) is 0 Å². The first-order valence-electron chi connectivity index (χ1n) is 5.18. The third kappa shape index (κ3) is 3.20. The first-order valence-corrected chi connectivity index (χ1v) is 5.18. The van der Waals surface area contributed by atoms with Gasteiger partial charge in [0.15, 0.2) is 0 Å². The Morgan fingerprint density at radius 2 is 2.50 bits per heavy atom. The number of carbonyl (C=O) groups excluding carboxylic acids is 1. The van der Waals surface area contributed by atoms with Crippen LogP contribution in [0.4, 0.5) is 0 Å². The second-order valence-electron chi connectivity index (χ2n) is 3.76. The molecule has 0 radical (unpaired) electrons. The third-order valence-corrected chi connectivity index (χ3v) is 2.33. The van der Waals surface area contributed by atoms with Crippen molar-refractivity contribution in [2.75, 3.05) is 0 Å². The molecular weight excluding hydrogens is 204 g/mol. The van der Waals surface area contributed by atoms with E-state index in [0.29, 0.717) is 13.0 Å². The van der Waals surface area contributed by atoms with E-state index < -0.39 is 6.04 Å². The molecule has 1 unspecified atom stereocenters. The van der Waals surface area contributed by atoms with Gasteiger partial charge >= 0.3 is 0 Å². The quantitative estimate of drug-likeness (QED) is 0.701. The Morgan fingerprint density at radius 3 is 3.00 bits per heavy atom. The minimum absolute atomic E-state index is 0.164. The van der Waals surface area contributed by atoms with Gasteiger partial charge in [0.05, 0.1) is 11.7 Å². The zero-order chi connectivity index (χ0) is 12.1. The van der Waals surface area contributed by atoms with E-state index >= 15 is 0 Å². The van der Waals surface area contributed by atoms with E-state index in [4.69, 9.17) is 5.73 Å². The number of nitrogens with two attached hydrogens (primary N) is 1. The van der Waals surface area contributed by atoms with E-state index in [9.17, 15) is 4.79 Å². The minimum atomic E-state index is -0.519. The first-order chi connectivity index (χ1) is 7.54. The van der Waals surface area contributed by atoms with Crippen LogP contribution >= 0.6 is 0 Å². The van der Waals surface area contributed by atoms with Crippen LogP contribution in [0.5, 0.6) is 0 Å². The van der Waals surface area contributed by atoms with Crippen LogP contribution in [-0.4, -0.2) is 21.7 Å². The highest BCUT2D eigenvalue weighted by Crippen LogP contribution is 2.03. The van der Waals surface area contributed by atoms with Gasteiger partial charge in [0.2, 0.25) is 5.91 Å². The van der Waals surface area contributed by atoms with Crippen molar-refractivity contribution in [2.45, 2.75) is 25.9 Å². The summed E-state index contributed by atoms with van der Waals surface area (Å²) in [6.07, 6.45) is 4.01. The van der Waals surface area contributed by atoms with Crippen LogP contribution in [-0.2, 0) is 18.4 Å². The van der Waals surface area contributed by atoms with E-state index in [1.165, 1.54) is 0 Å². The molecule has 5 nitrogen and oxygen atoms in total. The van der Waals surface area contributed by atoms with Gasteiger partial charge in [-0.1, -0.05) is 6.08 Å². The molecule has 0 aliphatic rings. The Kier molecular flexibility index (Phi) is 4.25. The second-order valence-corrected chi connectivity index (χ2v) is 3.76. The molecule has 88 valence electrons. The maximum absolute atomic E-state index is 11.5. The molecule has 1 heterocycles. The van der Waals surface area contributed by atoms with Gasteiger partial charge in [0.25, 0.3) is 0 Å². The first kappa shape index (κ1) is 12.4. The monoisotopic (exact) mass is 222 g/mol. The van der Waals surface area contributed by atoms with Crippen molar-refractivity contribution in [3.05, 3.63) is 30.1 Å². The van der Waals surface area contributed by atoms with Gasteiger partial charge in [-0.3, -0.25) is 9.48 Å². The maximum Gasteiger partial charge on any atom is 0.237 e. The highest BCUT2D eigenvalue weighted by Gasteiger charge is 2.12. The topological polar surface area (TPSA) is 72.9 Å². The highest BCUT2D eigenvalue weighted by atomic mass is 16.2. The SMILES string of the molecule is C=CCC(N)C(=O)NCc1cn(C)nc1C. The molecule has 16 heavy (non-hydrogen) atoms. The summed E-state index contributed by atoms with van der Waals surface area (Å²) in [4.78, 5) is 11.5. The number of aromatic nitrogens is 2. The van der Waals surface area contributed by atoms with E-state index in [-0.39, 0.29) is 5.91 Å². The molecule has 0 saturated heterocycles. The lowest BCUT2D eigenvalue weighted by Gasteiger charge is -2.09. The highest BCUT2D eigenvalue weighted by molar-refractivity contribution is 5.81. The number of rotatable bonds is 5. The number of hydrogen-bond donors (Lipinski definition) is 2. The van der Waals surface area contributed by atoms with Crippen LogP contribution in [0.15, 0.2) is 18.9 Å². The number of nitrogens with one attached hydrogen (secondary N) is 1. The van der Waals surface area contributed by atoms with Gasteiger partial charge in [0.1, 0.15) is 0 Å². The lowest BCUT2D eigenvalue weighted by Crippen LogP contribution is -2.39. The van der Waals surface area contributed by atoms with Crippen molar-refractivity contribution in [3.63, 3.8) is 0 Å². The molecule has 0 bridgehead atoms. The average molecular weight is 222 g/mol. The van der Waals surface area contributed by atoms with E-state index in [1.807, 2.05) is 20.2 Å². The molecule has 1 aromatic rings. The van der Waals surface area contributed by atoms with Crippen LogP contribution in [0.3, 0.4) is 0 Å². The summed E-state index contributed by atoms with van der Waals surface area (Å²) in [6.45, 7) is 5.92.